The zero-order valence-corrected chi connectivity index (χ0v) is 12.1. The van der Waals surface area contributed by atoms with E-state index in [0.717, 1.165) is 5.56 Å². The molecule has 0 unspecified atom stereocenters. The van der Waals surface area contributed by atoms with Gasteiger partial charge in [-0.3, -0.25) is 9.59 Å². The lowest BCUT2D eigenvalue weighted by Gasteiger charge is -2.06. The molecule has 0 saturated heterocycles. The smallest absolute Gasteiger partial charge is 0.261 e. The zero-order chi connectivity index (χ0) is 15.1. The molecule has 1 aromatic heterocycles. The van der Waals surface area contributed by atoms with Gasteiger partial charge in [-0.2, -0.15) is 0 Å². The fourth-order valence-electron chi connectivity index (χ4n) is 1.68. The van der Waals surface area contributed by atoms with Crippen molar-refractivity contribution in [2.75, 3.05) is 6.54 Å². The first kappa shape index (κ1) is 15.2. The number of amides is 2. The minimum Gasteiger partial charge on any atom is -0.352 e. The van der Waals surface area contributed by atoms with Crippen LogP contribution in [0.5, 0.6) is 0 Å². The Morgan fingerprint density at radius 1 is 1.10 bits per heavy atom. The van der Waals surface area contributed by atoms with Crippen molar-refractivity contribution in [3.63, 3.8) is 0 Å². The van der Waals surface area contributed by atoms with Gasteiger partial charge in [-0.1, -0.05) is 18.2 Å². The molecular weight excluding hydrogens is 291 g/mol. The van der Waals surface area contributed by atoms with E-state index in [-0.39, 0.29) is 30.6 Å². The number of halogens is 1. The molecule has 0 aliphatic heterocycles. The molecule has 4 nitrogen and oxygen atoms in total. The highest BCUT2D eigenvalue weighted by Crippen LogP contribution is 2.07. The summed E-state index contributed by atoms with van der Waals surface area (Å²) < 4.78 is 12.7. The lowest BCUT2D eigenvalue weighted by Crippen LogP contribution is -2.30. The van der Waals surface area contributed by atoms with Crippen LogP contribution < -0.4 is 10.6 Å². The number of nitrogens with one attached hydrogen (secondary N) is 2. The molecule has 1 heterocycles. The van der Waals surface area contributed by atoms with E-state index in [9.17, 15) is 14.0 Å². The second kappa shape index (κ2) is 7.54. The third-order valence-corrected chi connectivity index (χ3v) is 3.65. The van der Waals surface area contributed by atoms with Gasteiger partial charge in [0.05, 0.1) is 4.88 Å². The van der Waals surface area contributed by atoms with Crippen LogP contribution in [0.15, 0.2) is 41.8 Å². The van der Waals surface area contributed by atoms with Gasteiger partial charge in [0.1, 0.15) is 5.82 Å². The van der Waals surface area contributed by atoms with Crippen LogP contribution in [0, 0.1) is 5.82 Å². The van der Waals surface area contributed by atoms with E-state index >= 15 is 0 Å². The zero-order valence-electron chi connectivity index (χ0n) is 11.3. The Morgan fingerprint density at radius 2 is 1.86 bits per heavy atom. The maximum absolute atomic E-state index is 12.7. The van der Waals surface area contributed by atoms with Crippen LogP contribution >= 0.6 is 11.3 Å². The monoisotopic (exact) mass is 306 g/mol. The van der Waals surface area contributed by atoms with Crippen molar-refractivity contribution in [2.45, 2.75) is 13.0 Å². The number of carbonyl (C=O) groups excluding carboxylic acids is 2. The highest BCUT2D eigenvalue weighted by Gasteiger charge is 2.07. The summed E-state index contributed by atoms with van der Waals surface area (Å²) in [7, 11) is 0. The van der Waals surface area contributed by atoms with Gasteiger partial charge in [-0.15, -0.1) is 11.3 Å². The summed E-state index contributed by atoms with van der Waals surface area (Å²) in [5, 5.41) is 7.22. The van der Waals surface area contributed by atoms with Crippen molar-refractivity contribution in [1.82, 2.24) is 10.6 Å². The van der Waals surface area contributed by atoms with Gasteiger partial charge >= 0.3 is 0 Å². The van der Waals surface area contributed by atoms with Crippen molar-refractivity contribution in [3.05, 3.63) is 58.0 Å². The molecule has 0 spiro atoms. The Labute approximate surface area is 126 Å². The van der Waals surface area contributed by atoms with Crippen molar-refractivity contribution in [1.29, 1.82) is 0 Å². The van der Waals surface area contributed by atoms with Gasteiger partial charge < -0.3 is 10.6 Å². The molecule has 110 valence electrons. The molecule has 2 aromatic rings. The summed E-state index contributed by atoms with van der Waals surface area (Å²) in [6.07, 6.45) is 0.207. The van der Waals surface area contributed by atoms with Gasteiger partial charge in [0.25, 0.3) is 5.91 Å². The maximum atomic E-state index is 12.7. The first-order valence-electron chi connectivity index (χ1n) is 6.48. The predicted octanol–water partition coefficient (Wildman–Crippen LogP) is 2.32. The quantitative estimate of drug-likeness (QED) is 0.860. The molecule has 0 radical (unpaired) electrons. The molecule has 6 heteroatoms. The summed E-state index contributed by atoms with van der Waals surface area (Å²) in [5.41, 5.74) is 0.826. The third kappa shape index (κ3) is 5.00. The lowest BCUT2D eigenvalue weighted by atomic mass is 10.2. The van der Waals surface area contributed by atoms with Crippen LogP contribution in [0.2, 0.25) is 0 Å². The summed E-state index contributed by atoms with van der Waals surface area (Å²) in [6, 6.07) is 9.47. The Morgan fingerprint density at radius 3 is 2.52 bits per heavy atom. The summed E-state index contributed by atoms with van der Waals surface area (Å²) >= 11 is 1.36. The standard InChI is InChI=1S/C15H15FN2O2S/c16-12-5-3-11(4-6-12)10-18-14(19)7-8-17-15(20)13-2-1-9-21-13/h1-6,9H,7-8,10H2,(H,17,20)(H,18,19). The molecule has 2 amide bonds. The van der Waals surface area contributed by atoms with Gasteiger partial charge in [0, 0.05) is 19.5 Å². The van der Waals surface area contributed by atoms with Crippen LogP contribution in [-0.2, 0) is 11.3 Å². The number of hydrogen-bond acceptors (Lipinski definition) is 3. The molecule has 21 heavy (non-hydrogen) atoms. The number of benzene rings is 1. The predicted molar refractivity (Wildman–Crippen MR) is 79.5 cm³/mol. The van der Waals surface area contributed by atoms with Crippen LogP contribution in [0.1, 0.15) is 21.7 Å². The van der Waals surface area contributed by atoms with E-state index in [1.165, 1.54) is 23.5 Å². The van der Waals surface area contributed by atoms with Gasteiger partial charge in [-0.05, 0) is 29.1 Å². The highest BCUT2D eigenvalue weighted by atomic mass is 32.1. The SMILES string of the molecule is O=C(CCNC(=O)c1cccs1)NCc1ccc(F)cc1. The average Bonchev–Trinajstić information content (AvgIpc) is 3.01. The van der Waals surface area contributed by atoms with Crippen LogP contribution in [0.4, 0.5) is 4.39 Å². The topological polar surface area (TPSA) is 58.2 Å². The van der Waals surface area contributed by atoms with E-state index < -0.39 is 0 Å². The molecule has 0 aliphatic carbocycles. The van der Waals surface area contributed by atoms with E-state index in [1.807, 2.05) is 5.38 Å². The van der Waals surface area contributed by atoms with E-state index in [1.54, 1.807) is 24.3 Å². The van der Waals surface area contributed by atoms with Crippen molar-refractivity contribution in [3.8, 4) is 0 Å². The van der Waals surface area contributed by atoms with Crippen molar-refractivity contribution in [2.24, 2.45) is 0 Å². The average molecular weight is 306 g/mol. The summed E-state index contributed by atoms with van der Waals surface area (Å²) in [4.78, 5) is 23.9. The Hall–Kier alpha value is -2.21. The number of hydrogen-bond donors (Lipinski definition) is 2. The van der Waals surface area contributed by atoms with Crippen LogP contribution in [-0.4, -0.2) is 18.4 Å². The van der Waals surface area contributed by atoms with E-state index in [2.05, 4.69) is 10.6 Å². The number of carbonyl (C=O) groups is 2. The summed E-state index contributed by atoms with van der Waals surface area (Å²) in [6.45, 7) is 0.629. The van der Waals surface area contributed by atoms with Gasteiger partial charge in [0.2, 0.25) is 5.91 Å². The van der Waals surface area contributed by atoms with Crippen molar-refractivity contribution >= 4 is 23.2 Å². The molecule has 0 aliphatic rings. The first-order chi connectivity index (χ1) is 10.1. The summed E-state index contributed by atoms with van der Waals surface area (Å²) in [5.74, 6) is -0.636. The van der Waals surface area contributed by atoms with Gasteiger partial charge in [0.15, 0.2) is 0 Å². The Balaban J connectivity index is 1.66. The lowest BCUT2D eigenvalue weighted by molar-refractivity contribution is -0.121. The van der Waals surface area contributed by atoms with Crippen LogP contribution in [0.25, 0.3) is 0 Å². The minimum atomic E-state index is -0.304. The Bertz CT molecular complexity index is 597. The minimum absolute atomic E-state index is 0.161. The highest BCUT2D eigenvalue weighted by molar-refractivity contribution is 7.12. The number of rotatable bonds is 6. The Kier molecular flexibility index (Phi) is 5.45. The fraction of sp³-hybridized carbons (Fsp3) is 0.200. The van der Waals surface area contributed by atoms with E-state index in [0.29, 0.717) is 11.4 Å². The molecule has 2 rings (SSSR count). The van der Waals surface area contributed by atoms with Crippen LogP contribution in [0.3, 0.4) is 0 Å². The normalized spacial score (nSPS) is 10.1. The first-order valence-corrected chi connectivity index (χ1v) is 7.36. The van der Waals surface area contributed by atoms with Crippen molar-refractivity contribution < 1.29 is 14.0 Å². The molecule has 0 fully saturated rings. The fourth-order valence-corrected chi connectivity index (χ4v) is 2.32. The molecular formula is C15H15FN2O2S. The van der Waals surface area contributed by atoms with E-state index in [4.69, 9.17) is 0 Å². The largest absolute Gasteiger partial charge is 0.352 e. The second-order valence-corrected chi connectivity index (χ2v) is 5.33. The molecule has 1 aromatic carbocycles. The third-order valence-electron chi connectivity index (χ3n) is 2.79. The van der Waals surface area contributed by atoms with Gasteiger partial charge in [-0.25, -0.2) is 4.39 Å². The molecule has 0 saturated carbocycles. The number of thiophene rings is 1. The maximum Gasteiger partial charge on any atom is 0.261 e. The molecule has 2 N–H and O–H groups in total. The molecule has 0 bridgehead atoms. The molecule has 0 atom stereocenters. The second-order valence-electron chi connectivity index (χ2n) is 4.39.